The summed E-state index contributed by atoms with van der Waals surface area (Å²) in [6.07, 6.45) is 10.6. The van der Waals surface area contributed by atoms with Crippen LogP contribution in [-0.4, -0.2) is 37.7 Å². The average Bonchev–Trinajstić information content (AvgIpc) is 3.40. The molecule has 1 amide bonds. The average molecular weight is 525 g/mol. The van der Waals surface area contributed by atoms with Gasteiger partial charge in [-0.3, -0.25) is 14.5 Å². The van der Waals surface area contributed by atoms with Gasteiger partial charge in [0.2, 0.25) is 0 Å². The van der Waals surface area contributed by atoms with Crippen LogP contribution < -0.4 is 0 Å². The normalized spacial score (nSPS) is 30.6. The predicted octanol–water partition coefficient (Wildman–Crippen LogP) is 6.34. The number of aliphatic carboxylic acids is 1. The molecule has 1 saturated heterocycles. The van der Waals surface area contributed by atoms with Crippen LogP contribution in [0, 0.1) is 17.8 Å². The Morgan fingerprint density at radius 1 is 1.14 bits per heavy atom. The molecule has 5 fully saturated rings. The zero-order chi connectivity index (χ0) is 24.2. The molecule has 1 aromatic heterocycles. The first-order valence-electron chi connectivity index (χ1n) is 12.4. The fraction of sp³-hybridized carbons (Fsp3) is 0.481. The second kappa shape index (κ2) is 9.12. The van der Waals surface area contributed by atoms with Crippen molar-refractivity contribution in [1.29, 1.82) is 0 Å². The van der Waals surface area contributed by atoms with Gasteiger partial charge in [-0.2, -0.15) is 0 Å². The van der Waals surface area contributed by atoms with Gasteiger partial charge in [-0.05, 0) is 74.3 Å². The molecule has 4 aliphatic carbocycles. The standard InChI is InChI=1S/C27H28N2O3S3/c30-23(31)2-1-7-29-25(32)21(35-26(29)33)11-16-3-5-20(6-4-16)24-28-22(15-34-24)27-12-17-8-18(13-27)10-19(9-17)14-27/h3-6,11,15,17-19H,1-2,7-10,12-14H2,(H,30,31). The molecule has 5 aliphatic rings. The first-order valence-corrected chi connectivity index (χ1v) is 14.5. The second-order valence-electron chi connectivity index (χ2n) is 10.7. The molecule has 182 valence electrons. The number of carboxylic acids is 1. The molecule has 1 aliphatic heterocycles. The Bertz CT molecular complexity index is 1180. The highest BCUT2D eigenvalue weighted by molar-refractivity contribution is 8.26. The van der Waals surface area contributed by atoms with Gasteiger partial charge in [0.25, 0.3) is 5.91 Å². The molecule has 8 heteroatoms. The molecule has 1 aromatic carbocycles. The first-order chi connectivity index (χ1) is 16.9. The minimum Gasteiger partial charge on any atom is -0.481 e. The second-order valence-corrected chi connectivity index (χ2v) is 13.2. The molecule has 0 atom stereocenters. The molecule has 2 aromatic rings. The van der Waals surface area contributed by atoms with Crippen molar-refractivity contribution in [3.63, 3.8) is 0 Å². The van der Waals surface area contributed by atoms with E-state index in [2.05, 4.69) is 17.5 Å². The Balaban J connectivity index is 1.15. The summed E-state index contributed by atoms with van der Waals surface area (Å²) in [4.78, 5) is 30.7. The molecule has 35 heavy (non-hydrogen) atoms. The highest BCUT2D eigenvalue weighted by Crippen LogP contribution is 2.60. The smallest absolute Gasteiger partial charge is 0.303 e. The third-order valence-electron chi connectivity index (χ3n) is 8.19. The first kappa shape index (κ1) is 23.4. The summed E-state index contributed by atoms with van der Waals surface area (Å²) in [6, 6.07) is 8.22. The van der Waals surface area contributed by atoms with Crippen LogP contribution in [0.25, 0.3) is 16.6 Å². The van der Waals surface area contributed by atoms with E-state index in [1.165, 1.54) is 60.9 Å². The number of amides is 1. The monoisotopic (exact) mass is 524 g/mol. The molecule has 0 radical (unpaired) electrons. The van der Waals surface area contributed by atoms with E-state index >= 15 is 0 Å². The van der Waals surface area contributed by atoms with Gasteiger partial charge < -0.3 is 5.11 Å². The van der Waals surface area contributed by atoms with Crippen molar-refractivity contribution in [3.8, 4) is 10.6 Å². The van der Waals surface area contributed by atoms with Gasteiger partial charge in [-0.1, -0.05) is 48.2 Å². The van der Waals surface area contributed by atoms with Crippen LogP contribution in [0.2, 0.25) is 0 Å². The number of thioether (sulfide) groups is 1. The van der Waals surface area contributed by atoms with E-state index < -0.39 is 5.97 Å². The number of hydrogen-bond donors (Lipinski definition) is 1. The summed E-state index contributed by atoms with van der Waals surface area (Å²) in [5.74, 6) is 1.73. The zero-order valence-corrected chi connectivity index (χ0v) is 21.9. The molecule has 7 rings (SSSR count). The van der Waals surface area contributed by atoms with Gasteiger partial charge in [0.05, 0.1) is 10.6 Å². The van der Waals surface area contributed by atoms with E-state index in [1.54, 1.807) is 11.3 Å². The molecular weight excluding hydrogens is 497 g/mol. The molecule has 4 saturated carbocycles. The van der Waals surface area contributed by atoms with Gasteiger partial charge in [0, 0.05) is 29.3 Å². The summed E-state index contributed by atoms with van der Waals surface area (Å²) in [6.45, 7) is 0.337. The Morgan fingerprint density at radius 3 is 2.43 bits per heavy atom. The highest BCUT2D eigenvalue weighted by atomic mass is 32.2. The number of carbonyl (C=O) groups is 2. The van der Waals surface area contributed by atoms with Crippen molar-refractivity contribution in [3.05, 3.63) is 45.8 Å². The van der Waals surface area contributed by atoms with Crippen LogP contribution in [0.4, 0.5) is 0 Å². The maximum Gasteiger partial charge on any atom is 0.303 e. The summed E-state index contributed by atoms with van der Waals surface area (Å²) in [7, 11) is 0. The molecule has 5 nitrogen and oxygen atoms in total. The number of carboxylic acid groups (broad SMARTS) is 1. The number of aromatic nitrogens is 1. The number of hydrogen-bond acceptors (Lipinski definition) is 6. The fourth-order valence-electron chi connectivity index (χ4n) is 7.03. The highest BCUT2D eigenvalue weighted by Gasteiger charge is 2.52. The number of nitrogens with zero attached hydrogens (tertiary/aromatic N) is 2. The van der Waals surface area contributed by atoms with Crippen molar-refractivity contribution in [1.82, 2.24) is 9.88 Å². The Morgan fingerprint density at radius 2 is 1.80 bits per heavy atom. The summed E-state index contributed by atoms with van der Waals surface area (Å²) in [5, 5.41) is 12.2. The van der Waals surface area contributed by atoms with Crippen LogP contribution in [0.15, 0.2) is 34.6 Å². The third-order valence-corrected chi connectivity index (χ3v) is 10.5. The fourth-order valence-corrected chi connectivity index (χ4v) is 9.29. The lowest BCUT2D eigenvalue weighted by Crippen LogP contribution is -2.48. The van der Waals surface area contributed by atoms with Crippen LogP contribution in [0.1, 0.15) is 62.6 Å². The SMILES string of the molecule is O=C(O)CCCN1C(=O)C(=Cc2ccc(-c3nc(C45CC6CC(CC(C6)C4)C5)cs3)cc2)SC1=S. The molecule has 2 heterocycles. The largest absolute Gasteiger partial charge is 0.481 e. The van der Waals surface area contributed by atoms with E-state index in [0.29, 0.717) is 27.6 Å². The van der Waals surface area contributed by atoms with Crippen LogP contribution in [0.3, 0.4) is 0 Å². The van der Waals surface area contributed by atoms with E-state index in [1.807, 2.05) is 18.2 Å². The predicted molar refractivity (Wildman–Crippen MR) is 144 cm³/mol. The van der Waals surface area contributed by atoms with Gasteiger partial charge in [-0.15, -0.1) is 11.3 Å². The van der Waals surface area contributed by atoms with Gasteiger partial charge in [0.15, 0.2) is 0 Å². The maximum absolute atomic E-state index is 12.7. The minimum atomic E-state index is -0.864. The maximum atomic E-state index is 12.7. The third kappa shape index (κ3) is 4.49. The van der Waals surface area contributed by atoms with Gasteiger partial charge in [0.1, 0.15) is 9.33 Å². The van der Waals surface area contributed by atoms with Crippen molar-refractivity contribution < 1.29 is 14.7 Å². The van der Waals surface area contributed by atoms with Gasteiger partial charge in [-0.25, -0.2) is 4.98 Å². The Labute approximate surface area is 219 Å². The van der Waals surface area contributed by atoms with Gasteiger partial charge >= 0.3 is 5.97 Å². The summed E-state index contributed by atoms with van der Waals surface area (Å²) in [5.41, 5.74) is 3.71. The Hall–Kier alpha value is -2.03. The lowest BCUT2D eigenvalue weighted by Gasteiger charge is -2.56. The number of benzene rings is 1. The molecule has 4 bridgehead atoms. The topological polar surface area (TPSA) is 70.5 Å². The van der Waals surface area contributed by atoms with E-state index in [4.69, 9.17) is 22.3 Å². The minimum absolute atomic E-state index is 0.0267. The Kier molecular flexibility index (Phi) is 6.09. The van der Waals surface area contributed by atoms with Crippen LogP contribution >= 0.6 is 35.3 Å². The van der Waals surface area contributed by atoms with E-state index in [9.17, 15) is 9.59 Å². The van der Waals surface area contributed by atoms with Crippen molar-refractivity contribution in [2.75, 3.05) is 6.54 Å². The quantitative estimate of drug-likeness (QED) is 0.336. The van der Waals surface area contributed by atoms with Crippen molar-refractivity contribution in [2.24, 2.45) is 17.8 Å². The van der Waals surface area contributed by atoms with Crippen molar-refractivity contribution in [2.45, 2.75) is 56.8 Å². The number of thiocarbonyl (C=S) groups is 1. The number of carbonyl (C=O) groups excluding carboxylic acids is 1. The van der Waals surface area contributed by atoms with Crippen molar-refractivity contribution >= 4 is 57.6 Å². The number of rotatable bonds is 7. The summed E-state index contributed by atoms with van der Waals surface area (Å²) < 4.78 is 0.489. The number of thiazole rings is 1. The molecule has 1 N–H and O–H groups in total. The zero-order valence-electron chi connectivity index (χ0n) is 19.4. The molecule has 0 spiro atoms. The lowest BCUT2D eigenvalue weighted by atomic mass is 9.49. The molecule has 0 unspecified atom stereocenters. The van der Waals surface area contributed by atoms with E-state index in [0.717, 1.165) is 33.9 Å². The molecular formula is C27H28N2O3S3. The lowest BCUT2D eigenvalue weighted by molar-refractivity contribution is -0.137. The summed E-state index contributed by atoms with van der Waals surface area (Å²) >= 11 is 8.37. The van der Waals surface area contributed by atoms with Crippen LogP contribution in [-0.2, 0) is 15.0 Å². The van der Waals surface area contributed by atoms with E-state index in [-0.39, 0.29) is 12.3 Å². The van der Waals surface area contributed by atoms with Crippen LogP contribution in [0.5, 0.6) is 0 Å².